The fraction of sp³-hybridized carbons (Fsp3) is 0.190. The van der Waals surface area contributed by atoms with Crippen LogP contribution in [0.4, 0.5) is 36.2 Å². The Kier molecular flexibility index (Phi) is 10.3. The number of aromatic nitrogens is 2. The summed E-state index contributed by atoms with van der Waals surface area (Å²) in [6.07, 6.45) is -3.65. The van der Waals surface area contributed by atoms with Crippen molar-refractivity contribution in [2.24, 2.45) is 0 Å². The minimum absolute atomic E-state index is 0.177. The summed E-state index contributed by atoms with van der Waals surface area (Å²) in [7, 11) is -2.17. The molecule has 3 rings (SSSR count). The van der Waals surface area contributed by atoms with Gasteiger partial charge >= 0.3 is 12.1 Å². The van der Waals surface area contributed by atoms with Crippen LogP contribution < -0.4 is 15.4 Å². The first-order valence-electron chi connectivity index (χ1n) is 9.98. The number of carbonyl (C=O) groups is 1. The number of benzene rings is 2. The molecule has 0 unspecified atom stereocenters. The van der Waals surface area contributed by atoms with Gasteiger partial charge in [-0.2, -0.15) is 13.2 Å². The normalized spacial score (nSPS) is 11.3. The lowest BCUT2D eigenvalue weighted by Crippen LogP contribution is -2.21. The fourth-order valence-corrected chi connectivity index (χ4v) is 4.11. The summed E-state index contributed by atoms with van der Waals surface area (Å²) in [6.45, 7) is 2.03. The standard InChI is InChI=1S/C19H20ClN5O2S2.C2HF3O2/c1-3-28-17-9-8-15(29(26,27)21-2)10-16(17)25-19-11-18(22-12-23-19)24-14-6-4-13(20)5-7-14;3-2(4,5)1(6)7/h4-12,21H,3H2,1-2H3,(H2,22,23,24,25);(H,6,7). The number of carboxylic acids is 1. The minimum atomic E-state index is -5.08. The molecule has 2 aromatic carbocycles. The lowest BCUT2D eigenvalue weighted by molar-refractivity contribution is -0.192. The Morgan fingerprint density at radius 2 is 1.64 bits per heavy atom. The van der Waals surface area contributed by atoms with Crippen LogP contribution in [0.25, 0.3) is 0 Å². The van der Waals surface area contributed by atoms with E-state index in [0.29, 0.717) is 22.3 Å². The first-order chi connectivity index (χ1) is 16.9. The van der Waals surface area contributed by atoms with E-state index in [4.69, 9.17) is 21.5 Å². The number of sulfonamides is 1. The van der Waals surface area contributed by atoms with Crippen molar-refractivity contribution >= 4 is 62.4 Å². The van der Waals surface area contributed by atoms with Crippen LogP contribution in [-0.4, -0.2) is 48.4 Å². The Morgan fingerprint density at radius 1 is 1.06 bits per heavy atom. The lowest BCUT2D eigenvalue weighted by atomic mass is 10.3. The van der Waals surface area contributed by atoms with Crippen LogP contribution in [0, 0.1) is 0 Å². The van der Waals surface area contributed by atoms with Gasteiger partial charge in [-0.05, 0) is 55.3 Å². The van der Waals surface area contributed by atoms with Gasteiger partial charge in [-0.25, -0.2) is 27.9 Å². The number of carboxylic acid groups (broad SMARTS) is 1. The second kappa shape index (κ2) is 12.8. The van der Waals surface area contributed by atoms with Gasteiger partial charge in [0.2, 0.25) is 10.0 Å². The van der Waals surface area contributed by atoms with Crippen LogP contribution in [-0.2, 0) is 14.8 Å². The van der Waals surface area contributed by atoms with Gasteiger partial charge in [0.15, 0.2) is 0 Å². The summed E-state index contributed by atoms with van der Waals surface area (Å²) < 4.78 is 58.4. The average Bonchev–Trinajstić information content (AvgIpc) is 2.82. The molecule has 0 amide bonds. The van der Waals surface area contributed by atoms with E-state index in [1.165, 1.54) is 13.4 Å². The number of anilines is 4. The molecule has 4 N–H and O–H groups in total. The Balaban J connectivity index is 0.000000572. The number of halogens is 4. The van der Waals surface area contributed by atoms with Crippen molar-refractivity contribution in [3.8, 4) is 0 Å². The highest BCUT2D eigenvalue weighted by Gasteiger charge is 2.38. The van der Waals surface area contributed by atoms with Crippen molar-refractivity contribution < 1.29 is 31.5 Å². The highest BCUT2D eigenvalue weighted by molar-refractivity contribution is 7.99. The van der Waals surface area contributed by atoms with Crippen molar-refractivity contribution in [3.63, 3.8) is 0 Å². The minimum Gasteiger partial charge on any atom is -0.475 e. The van der Waals surface area contributed by atoms with E-state index >= 15 is 0 Å². The molecule has 194 valence electrons. The van der Waals surface area contributed by atoms with Gasteiger partial charge in [0.05, 0.1) is 10.6 Å². The molecule has 0 atom stereocenters. The summed E-state index contributed by atoms with van der Waals surface area (Å²) in [4.78, 5) is 18.5. The molecular weight excluding hydrogens is 543 g/mol. The molecule has 0 saturated carbocycles. The van der Waals surface area contributed by atoms with Crippen LogP contribution in [0.5, 0.6) is 0 Å². The summed E-state index contributed by atoms with van der Waals surface area (Å²) in [5.41, 5.74) is 1.49. The van der Waals surface area contributed by atoms with Gasteiger partial charge in [-0.3, -0.25) is 0 Å². The molecule has 0 fully saturated rings. The van der Waals surface area contributed by atoms with Crippen LogP contribution in [0.1, 0.15) is 6.92 Å². The predicted molar refractivity (Wildman–Crippen MR) is 133 cm³/mol. The molecule has 36 heavy (non-hydrogen) atoms. The summed E-state index contributed by atoms with van der Waals surface area (Å²) in [6, 6.07) is 14.0. The Morgan fingerprint density at radius 3 is 2.17 bits per heavy atom. The first kappa shape index (κ1) is 29.2. The van der Waals surface area contributed by atoms with Gasteiger partial charge in [0.1, 0.15) is 18.0 Å². The van der Waals surface area contributed by atoms with Gasteiger partial charge < -0.3 is 15.7 Å². The van der Waals surface area contributed by atoms with E-state index in [1.807, 2.05) is 19.1 Å². The molecule has 1 aromatic heterocycles. The maximum Gasteiger partial charge on any atom is 0.490 e. The maximum absolute atomic E-state index is 12.2. The largest absolute Gasteiger partial charge is 0.490 e. The van der Waals surface area contributed by atoms with Crippen molar-refractivity contribution in [3.05, 3.63) is 59.9 Å². The Labute approximate surface area is 214 Å². The molecule has 15 heteroatoms. The number of rotatable bonds is 8. The lowest BCUT2D eigenvalue weighted by Gasteiger charge is -2.13. The van der Waals surface area contributed by atoms with Gasteiger partial charge in [-0.1, -0.05) is 18.5 Å². The summed E-state index contributed by atoms with van der Waals surface area (Å²) in [5.74, 6) is -0.783. The first-order valence-corrected chi connectivity index (χ1v) is 12.8. The van der Waals surface area contributed by atoms with E-state index in [-0.39, 0.29) is 4.90 Å². The average molecular weight is 564 g/mol. The van der Waals surface area contributed by atoms with Crippen molar-refractivity contribution in [2.45, 2.75) is 22.9 Å². The third kappa shape index (κ3) is 8.86. The summed E-state index contributed by atoms with van der Waals surface area (Å²) in [5, 5.41) is 14.2. The number of alkyl halides is 3. The molecule has 0 spiro atoms. The number of nitrogens with one attached hydrogen (secondary N) is 3. The van der Waals surface area contributed by atoms with Crippen LogP contribution in [0.2, 0.25) is 5.02 Å². The van der Waals surface area contributed by atoms with Gasteiger partial charge in [0.25, 0.3) is 0 Å². The topological polar surface area (TPSA) is 133 Å². The SMILES string of the molecule is CCSc1ccc(S(=O)(=O)NC)cc1Nc1cc(Nc2ccc(Cl)cc2)ncn1.O=C(O)C(F)(F)F. The van der Waals surface area contributed by atoms with Gasteiger partial charge in [0, 0.05) is 21.7 Å². The molecular formula is C21H21ClF3N5O4S2. The predicted octanol–water partition coefficient (Wildman–Crippen LogP) is 5.27. The summed E-state index contributed by atoms with van der Waals surface area (Å²) >= 11 is 7.52. The third-order valence-electron chi connectivity index (χ3n) is 4.12. The van der Waals surface area contributed by atoms with Gasteiger partial charge in [-0.15, -0.1) is 11.8 Å². The van der Waals surface area contributed by atoms with Crippen molar-refractivity contribution in [2.75, 3.05) is 23.4 Å². The second-order valence-electron chi connectivity index (χ2n) is 6.65. The van der Waals surface area contributed by atoms with E-state index in [2.05, 4.69) is 25.3 Å². The van der Waals surface area contributed by atoms with E-state index in [9.17, 15) is 21.6 Å². The third-order valence-corrected chi connectivity index (χ3v) is 6.74. The Bertz CT molecular complexity index is 1290. The molecule has 3 aromatic rings. The molecule has 0 aliphatic carbocycles. The zero-order valence-electron chi connectivity index (χ0n) is 18.8. The van der Waals surface area contributed by atoms with Crippen molar-refractivity contribution in [1.82, 2.24) is 14.7 Å². The molecule has 0 aliphatic rings. The van der Waals surface area contributed by atoms with E-state index < -0.39 is 22.2 Å². The van der Waals surface area contributed by atoms with E-state index in [0.717, 1.165) is 16.3 Å². The highest BCUT2D eigenvalue weighted by Crippen LogP contribution is 2.32. The quantitative estimate of drug-likeness (QED) is 0.270. The number of thioether (sulfide) groups is 1. The molecule has 0 aliphatic heterocycles. The number of nitrogens with zero attached hydrogens (tertiary/aromatic N) is 2. The smallest absolute Gasteiger partial charge is 0.475 e. The molecule has 0 bridgehead atoms. The number of aliphatic carboxylic acids is 1. The monoisotopic (exact) mass is 563 g/mol. The number of hydrogen-bond acceptors (Lipinski definition) is 8. The van der Waals surface area contributed by atoms with Crippen molar-refractivity contribution in [1.29, 1.82) is 0 Å². The molecule has 9 nitrogen and oxygen atoms in total. The van der Waals surface area contributed by atoms with Crippen LogP contribution in [0.15, 0.2) is 64.6 Å². The van der Waals surface area contributed by atoms with Crippen LogP contribution >= 0.6 is 23.4 Å². The molecule has 1 heterocycles. The zero-order chi connectivity index (χ0) is 26.9. The zero-order valence-corrected chi connectivity index (χ0v) is 21.2. The fourth-order valence-electron chi connectivity index (χ4n) is 2.49. The second-order valence-corrected chi connectivity index (χ2v) is 10.3. The van der Waals surface area contributed by atoms with E-state index in [1.54, 1.807) is 48.2 Å². The maximum atomic E-state index is 12.2. The highest BCUT2D eigenvalue weighted by atomic mass is 35.5. The number of hydrogen-bond donors (Lipinski definition) is 4. The molecule has 0 radical (unpaired) electrons. The molecule has 0 saturated heterocycles. The van der Waals surface area contributed by atoms with Crippen LogP contribution in [0.3, 0.4) is 0 Å². The Hall–Kier alpha value is -3.07.